The van der Waals surface area contributed by atoms with Gasteiger partial charge in [0.1, 0.15) is 5.82 Å². The maximum absolute atomic E-state index is 14.0. The summed E-state index contributed by atoms with van der Waals surface area (Å²) in [6.45, 7) is 2.73. The minimum Gasteiger partial charge on any atom is -0.342 e. The first-order valence-corrected chi connectivity index (χ1v) is 7.32. The highest BCUT2D eigenvalue weighted by atomic mass is 19.1. The Balaban J connectivity index is 1.91. The Kier molecular flexibility index (Phi) is 3.88. The maximum Gasteiger partial charge on any atom is 0.146 e. The van der Waals surface area contributed by atoms with E-state index >= 15 is 0 Å². The van der Waals surface area contributed by atoms with Crippen molar-refractivity contribution in [2.45, 2.75) is 32.4 Å². The number of benzene rings is 1. The molecule has 1 fully saturated rings. The van der Waals surface area contributed by atoms with Crippen LogP contribution in [0.15, 0.2) is 36.5 Å². The molecule has 21 heavy (non-hydrogen) atoms. The Morgan fingerprint density at radius 3 is 2.76 bits per heavy atom. The van der Waals surface area contributed by atoms with Gasteiger partial charge in [0.2, 0.25) is 0 Å². The monoisotopic (exact) mass is 285 g/mol. The number of aryl methyl sites for hydroxylation is 1. The molecule has 0 aliphatic heterocycles. The summed E-state index contributed by atoms with van der Waals surface area (Å²) in [7, 11) is 1.90. The van der Waals surface area contributed by atoms with Gasteiger partial charge in [-0.05, 0) is 38.0 Å². The van der Waals surface area contributed by atoms with Gasteiger partial charge in [-0.15, -0.1) is 0 Å². The first kappa shape index (κ1) is 14.0. The lowest BCUT2D eigenvalue weighted by molar-refractivity contribution is 0.627. The summed E-state index contributed by atoms with van der Waals surface area (Å²) in [5, 5.41) is 3.49. The smallest absolute Gasteiger partial charge is 0.146 e. The van der Waals surface area contributed by atoms with Gasteiger partial charge >= 0.3 is 0 Å². The number of para-hydroxylation sites is 1. The van der Waals surface area contributed by atoms with Crippen molar-refractivity contribution in [2.24, 2.45) is 0 Å². The zero-order valence-electron chi connectivity index (χ0n) is 12.4. The molecule has 3 rings (SSSR count). The highest BCUT2D eigenvalue weighted by molar-refractivity contribution is 5.66. The van der Waals surface area contributed by atoms with Gasteiger partial charge in [-0.3, -0.25) is 4.98 Å². The van der Waals surface area contributed by atoms with Crippen molar-refractivity contribution in [1.29, 1.82) is 0 Å². The van der Waals surface area contributed by atoms with E-state index in [4.69, 9.17) is 0 Å². The second kappa shape index (κ2) is 5.82. The Bertz CT molecular complexity index is 638. The summed E-state index contributed by atoms with van der Waals surface area (Å²) in [5.41, 5.74) is 3.61. The van der Waals surface area contributed by atoms with E-state index in [0.29, 0.717) is 11.7 Å². The van der Waals surface area contributed by atoms with Gasteiger partial charge < -0.3 is 10.2 Å². The summed E-state index contributed by atoms with van der Waals surface area (Å²) in [5.74, 6) is -0.212. The molecular weight excluding hydrogens is 265 g/mol. The quantitative estimate of drug-likeness (QED) is 0.910. The van der Waals surface area contributed by atoms with Gasteiger partial charge in [0, 0.05) is 42.8 Å². The molecule has 0 atom stereocenters. The van der Waals surface area contributed by atoms with E-state index in [-0.39, 0.29) is 5.82 Å². The summed E-state index contributed by atoms with van der Waals surface area (Å²) in [6.07, 6.45) is 4.38. The van der Waals surface area contributed by atoms with Crippen molar-refractivity contribution in [3.05, 3.63) is 53.6 Å². The van der Waals surface area contributed by atoms with Crippen LogP contribution in [0.2, 0.25) is 0 Å². The van der Waals surface area contributed by atoms with Crippen molar-refractivity contribution in [2.75, 3.05) is 11.9 Å². The van der Waals surface area contributed by atoms with E-state index in [0.717, 1.165) is 23.5 Å². The molecule has 1 heterocycles. The van der Waals surface area contributed by atoms with E-state index in [9.17, 15) is 4.39 Å². The Labute approximate surface area is 124 Å². The molecule has 110 valence electrons. The molecule has 1 aromatic carbocycles. The summed E-state index contributed by atoms with van der Waals surface area (Å²) in [4.78, 5) is 6.27. The van der Waals surface area contributed by atoms with E-state index in [2.05, 4.69) is 10.3 Å². The van der Waals surface area contributed by atoms with Gasteiger partial charge in [0.25, 0.3) is 0 Å². The largest absolute Gasteiger partial charge is 0.342 e. The summed E-state index contributed by atoms with van der Waals surface area (Å²) < 4.78 is 14.0. The first-order chi connectivity index (χ1) is 10.1. The van der Waals surface area contributed by atoms with Crippen LogP contribution in [-0.4, -0.2) is 18.1 Å². The van der Waals surface area contributed by atoms with Crippen LogP contribution in [0.25, 0.3) is 0 Å². The molecule has 3 nitrogen and oxygen atoms in total. The SMILES string of the molecule is Cc1cc(N(C)c2ccccc2F)c(CNC2CC2)cn1. The lowest BCUT2D eigenvalue weighted by Gasteiger charge is -2.23. The van der Waals surface area contributed by atoms with Crippen LogP contribution in [0.5, 0.6) is 0 Å². The number of nitrogens with zero attached hydrogens (tertiary/aromatic N) is 2. The van der Waals surface area contributed by atoms with Crippen molar-refractivity contribution in [3.8, 4) is 0 Å². The standard InChI is InChI=1S/C17H20FN3/c1-12-9-17(13(10-19-12)11-20-14-7-8-14)21(2)16-6-4-3-5-15(16)18/h3-6,9-10,14,20H,7-8,11H2,1-2H3. The van der Waals surface area contributed by atoms with E-state index in [1.54, 1.807) is 12.1 Å². The summed E-state index contributed by atoms with van der Waals surface area (Å²) >= 11 is 0. The molecule has 1 aliphatic rings. The van der Waals surface area contributed by atoms with Crippen LogP contribution < -0.4 is 10.2 Å². The zero-order valence-corrected chi connectivity index (χ0v) is 12.4. The van der Waals surface area contributed by atoms with Crippen molar-refractivity contribution < 1.29 is 4.39 Å². The van der Waals surface area contributed by atoms with Crippen molar-refractivity contribution in [1.82, 2.24) is 10.3 Å². The van der Waals surface area contributed by atoms with Gasteiger partial charge in [0.15, 0.2) is 0 Å². The van der Waals surface area contributed by atoms with E-state index in [1.165, 1.54) is 18.9 Å². The van der Waals surface area contributed by atoms with Crippen LogP contribution in [0, 0.1) is 12.7 Å². The fraction of sp³-hybridized carbons (Fsp3) is 0.353. The lowest BCUT2D eigenvalue weighted by Crippen LogP contribution is -2.20. The van der Waals surface area contributed by atoms with Gasteiger partial charge in [-0.2, -0.15) is 0 Å². The van der Waals surface area contributed by atoms with Crippen LogP contribution in [0.1, 0.15) is 24.1 Å². The minimum absolute atomic E-state index is 0.212. The van der Waals surface area contributed by atoms with Crippen molar-refractivity contribution >= 4 is 11.4 Å². The number of aromatic nitrogens is 1. The zero-order chi connectivity index (χ0) is 14.8. The third-order valence-electron chi connectivity index (χ3n) is 3.83. The van der Waals surface area contributed by atoms with E-state index in [1.807, 2.05) is 37.2 Å². The third-order valence-corrected chi connectivity index (χ3v) is 3.83. The average Bonchev–Trinajstić information content (AvgIpc) is 3.30. The second-order valence-electron chi connectivity index (χ2n) is 5.62. The Morgan fingerprint density at radius 1 is 1.29 bits per heavy atom. The molecule has 2 aromatic rings. The van der Waals surface area contributed by atoms with Crippen LogP contribution in [0.4, 0.5) is 15.8 Å². The molecule has 0 saturated heterocycles. The molecule has 4 heteroatoms. The molecule has 0 spiro atoms. The Hall–Kier alpha value is -1.94. The molecule has 0 amide bonds. The maximum atomic E-state index is 14.0. The number of nitrogens with one attached hydrogen (secondary N) is 1. The fourth-order valence-electron chi connectivity index (χ4n) is 2.42. The number of halogens is 1. The first-order valence-electron chi connectivity index (χ1n) is 7.32. The van der Waals surface area contributed by atoms with Crippen LogP contribution in [-0.2, 0) is 6.54 Å². The van der Waals surface area contributed by atoms with Gasteiger partial charge in [-0.25, -0.2) is 4.39 Å². The van der Waals surface area contributed by atoms with Gasteiger partial charge in [0.05, 0.1) is 5.69 Å². The highest BCUT2D eigenvalue weighted by Gasteiger charge is 2.21. The molecule has 1 saturated carbocycles. The predicted molar refractivity (Wildman–Crippen MR) is 83.3 cm³/mol. The molecule has 0 bridgehead atoms. The molecule has 1 aromatic heterocycles. The number of hydrogen-bond donors (Lipinski definition) is 1. The predicted octanol–water partition coefficient (Wildman–Crippen LogP) is 3.55. The number of pyridine rings is 1. The van der Waals surface area contributed by atoms with Crippen LogP contribution in [0.3, 0.4) is 0 Å². The average molecular weight is 285 g/mol. The lowest BCUT2D eigenvalue weighted by atomic mass is 10.1. The minimum atomic E-state index is -0.212. The molecule has 0 radical (unpaired) electrons. The molecular formula is C17H20FN3. The number of anilines is 2. The normalized spacial score (nSPS) is 14.2. The third kappa shape index (κ3) is 3.22. The summed E-state index contributed by atoms with van der Waals surface area (Å²) in [6, 6.07) is 9.49. The second-order valence-corrected chi connectivity index (χ2v) is 5.62. The van der Waals surface area contributed by atoms with Gasteiger partial charge in [-0.1, -0.05) is 12.1 Å². The molecule has 1 aliphatic carbocycles. The van der Waals surface area contributed by atoms with Crippen molar-refractivity contribution in [3.63, 3.8) is 0 Å². The number of hydrogen-bond acceptors (Lipinski definition) is 3. The highest BCUT2D eigenvalue weighted by Crippen LogP contribution is 2.30. The van der Waals surface area contributed by atoms with Crippen LogP contribution >= 0.6 is 0 Å². The topological polar surface area (TPSA) is 28.2 Å². The number of rotatable bonds is 5. The molecule has 1 N–H and O–H groups in total. The van der Waals surface area contributed by atoms with E-state index < -0.39 is 0 Å². The Morgan fingerprint density at radius 2 is 2.05 bits per heavy atom. The molecule has 0 unspecified atom stereocenters. The fourth-order valence-corrected chi connectivity index (χ4v) is 2.42.